The summed E-state index contributed by atoms with van der Waals surface area (Å²) in [7, 11) is 0. The van der Waals surface area contributed by atoms with E-state index in [-0.39, 0.29) is 18.1 Å². The summed E-state index contributed by atoms with van der Waals surface area (Å²) in [5, 5.41) is 16.5. The number of para-hydroxylation sites is 2. The number of anilines is 1. The molecule has 3 rings (SSSR count). The maximum absolute atomic E-state index is 11.3. The Hall–Kier alpha value is -3.95. The van der Waals surface area contributed by atoms with Crippen molar-refractivity contribution in [2.45, 2.75) is 38.8 Å². The third-order valence-electron chi connectivity index (χ3n) is 5.26. The molecule has 0 radical (unpaired) electrons. The van der Waals surface area contributed by atoms with Crippen molar-refractivity contribution in [2.24, 2.45) is 5.73 Å². The second-order valence-corrected chi connectivity index (χ2v) is 9.08. The van der Waals surface area contributed by atoms with Gasteiger partial charge in [-0.05, 0) is 56.2 Å². The van der Waals surface area contributed by atoms with Crippen LogP contribution in [0.5, 0.6) is 17.4 Å². The zero-order valence-corrected chi connectivity index (χ0v) is 20.7. The molecule has 1 heterocycles. The number of carbonyl (C=O) groups is 2. The van der Waals surface area contributed by atoms with E-state index in [4.69, 9.17) is 15.2 Å². The summed E-state index contributed by atoms with van der Waals surface area (Å²) in [6, 6.07) is 17.9. The third kappa shape index (κ3) is 8.37. The fraction of sp³-hybridized carbons (Fsp3) is 0.296. The van der Waals surface area contributed by atoms with E-state index in [2.05, 4.69) is 29.5 Å². The van der Waals surface area contributed by atoms with Gasteiger partial charge in [0.1, 0.15) is 24.2 Å². The molecule has 0 fully saturated rings. The Morgan fingerprint density at radius 2 is 1.81 bits per heavy atom. The number of amides is 2. The van der Waals surface area contributed by atoms with Gasteiger partial charge in [0.15, 0.2) is 0 Å². The summed E-state index contributed by atoms with van der Waals surface area (Å²) in [4.78, 5) is 26.6. The smallest absolute Gasteiger partial charge is 0.250 e. The quantitative estimate of drug-likeness (QED) is 0.305. The molecule has 0 unspecified atom stereocenters. The van der Waals surface area contributed by atoms with Crippen molar-refractivity contribution in [3.8, 4) is 17.4 Å². The van der Waals surface area contributed by atoms with Crippen LogP contribution in [0.2, 0.25) is 0 Å². The molecule has 3 aromatic rings. The Balaban J connectivity index is 1.47. The highest BCUT2D eigenvalue weighted by Crippen LogP contribution is 2.24. The second kappa shape index (κ2) is 12.1. The molecule has 0 aliphatic carbocycles. The molecule has 2 aromatic carbocycles. The predicted octanol–water partition coefficient (Wildman–Crippen LogP) is 3.28. The standard InChI is InChI=1S/C27H32N4O5/c1-18(32)31-23-6-4-5-7-24(23)35-17-21(33)16-30-27(2,3)14-19-8-11-22(12-9-19)36-25-13-10-20(15-29-25)26(28)34/h4-13,15,21,30,33H,14,16-17H2,1-3H3,(H2,28,34)(H,31,32)/t21-/m1/s1. The van der Waals surface area contributed by atoms with Gasteiger partial charge in [-0.3, -0.25) is 9.59 Å². The van der Waals surface area contributed by atoms with Crippen LogP contribution in [0.4, 0.5) is 5.69 Å². The molecule has 1 atom stereocenters. The van der Waals surface area contributed by atoms with E-state index < -0.39 is 12.0 Å². The summed E-state index contributed by atoms with van der Waals surface area (Å²) in [6.45, 7) is 5.97. The molecule has 0 aliphatic rings. The Kier molecular flexibility index (Phi) is 8.99. The molecule has 9 heteroatoms. The summed E-state index contributed by atoms with van der Waals surface area (Å²) in [5.74, 6) is 0.765. The zero-order valence-electron chi connectivity index (χ0n) is 20.7. The Morgan fingerprint density at radius 3 is 2.44 bits per heavy atom. The SMILES string of the molecule is CC(=O)Nc1ccccc1OC[C@H](O)CNC(C)(C)Cc1ccc(Oc2ccc(C(N)=O)cn2)cc1. The van der Waals surface area contributed by atoms with Gasteiger partial charge in [-0.15, -0.1) is 0 Å². The van der Waals surface area contributed by atoms with Crippen molar-refractivity contribution >= 4 is 17.5 Å². The molecule has 36 heavy (non-hydrogen) atoms. The van der Waals surface area contributed by atoms with E-state index in [0.717, 1.165) is 12.0 Å². The van der Waals surface area contributed by atoms with Gasteiger partial charge in [0.2, 0.25) is 17.7 Å². The highest BCUT2D eigenvalue weighted by Gasteiger charge is 2.20. The van der Waals surface area contributed by atoms with Crippen molar-refractivity contribution in [1.82, 2.24) is 10.3 Å². The van der Waals surface area contributed by atoms with Gasteiger partial charge in [-0.1, -0.05) is 24.3 Å². The lowest BCUT2D eigenvalue weighted by Gasteiger charge is -2.28. The number of primary amides is 1. The van der Waals surface area contributed by atoms with Gasteiger partial charge in [0, 0.05) is 31.3 Å². The van der Waals surface area contributed by atoms with Crippen LogP contribution in [-0.4, -0.2) is 46.7 Å². The first-order valence-corrected chi connectivity index (χ1v) is 11.6. The number of nitrogens with zero attached hydrogens (tertiary/aromatic N) is 1. The van der Waals surface area contributed by atoms with Gasteiger partial charge in [-0.2, -0.15) is 0 Å². The van der Waals surface area contributed by atoms with Crippen LogP contribution in [0.15, 0.2) is 66.9 Å². The molecule has 9 nitrogen and oxygen atoms in total. The minimum atomic E-state index is -0.737. The first-order chi connectivity index (χ1) is 17.1. The first kappa shape index (κ1) is 26.7. The van der Waals surface area contributed by atoms with Gasteiger partial charge in [-0.25, -0.2) is 4.98 Å². The number of β-amino-alcohol motifs (C(OH)–C–C–N with tert-alkyl or cyclic N) is 1. The fourth-order valence-corrected chi connectivity index (χ4v) is 3.48. The van der Waals surface area contributed by atoms with Gasteiger partial charge >= 0.3 is 0 Å². The number of hydrogen-bond acceptors (Lipinski definition) is 7. The Labute approximate surface area is 210 Å². The summed E-state index contributed by atoms with van der Waals surface area (Å²) >= 11 is 0. The lowest BCUT2D eigenvalue weighted by atomic mass is 9.94. The van der Waals surface area contributed by atoms with Crippen molar-refractivity contribution in [1.29, 1.82) is 0 Å². The number of nitrogens with two attached hydrogens (primary N) is 1. The normalized spacial score (nSPS) is 12.0. The van der Waals surface area contributed by atoms with E-state index in [1.807, 2.05) is 24.3 Å². The molecule has 5 N–H and O–H groups in total. The van der Waals surface area contributed by atoms with Gasteiger partial charge in [0.25, 0.3) is 0 Å². The molecule has 1 aromatic heterocycles. The molecule has 2 amide bonds. The van der Waals surface area contributed by atoms with Crippen molar-refractivity contribution in [3.05, 3.63) is 78.0 Å². The van der Waals surface area contributed by atoms with E-state index >= 15 is 0 Å². The predicted molar refractivity (Wildman–Crippen MR) is 137 cm³/mol. The fourth-order valence-electron chi connectivity index (χ4n) is 3.48. The van der Waals surface area contributed by atoms with Crippen molar-refractivity contribution < 1.29 is 24.2 Å². The van der Waals surface area contributed by atoms with Crippen LogP contribution in [0, 0.1) is 0 Å². The largest absolute Gasteiger partial charge is 0.489 e. The number of benzene rings is 2. The van der Waals surface area contributed by atoms with E-state index in [1.54, 1.807) is 36.4 Å². The van der Waals surface area contributed by atoms with E-state index in [9.17, 15) is 14.7 Å². The van der Waals surface area contributed by atoms with Crippen LogP contribution < -0.4 is 25.8 Å². The van der Waals surface area contributed by atoms with Crippen LogP contribution in [0.1, 0.15) is 36.7 Å². The Bertz CT molecular complexity index is 1160. The molecular formula is C27H32N4O5. The zero-order chi connectivity index (χ0) is 26.1. The van der Waals surface area contributed by atoms with Crippen molar-refractivity contribution in [2.75, 3.05) is 18.5 Å². The summed E-state index contributed by atoms with van der Waals surface area (Å²) < 4.78 is 11.4. The molecule has 190 valence electrons. The molecule has 0 saturated heterocycles. The second-order valence-electron chi connectivity index (χ2n) is 9.08. The number of aromatic nitrogens is 1. The topological polar surface area (TPSA) is 136 Å². The number of aliphatic hydroxyl groups is 1. The summed E-state index contributed by atoms with van der Waals surface area (Å²) in [6.07, 6.45) is 1.36. The van der Waals surface area contributed by atoms with E-state index in [0.29, 0.717) is 35.2 Å². The number of hydrogen-bond donors (Lipinski definition) is 4. The van der Waals surface area contributed by atoms with Gasteiger partial charge < -0.3 is 30.9 Å². The lowest BCUT2D eigenvalue weighted by Crippen LogP contribution is -2.46. The van der Waals surface area contributed by atoms with E-state index in [1.165, 1.54) is 13.1 Å². The molecular weight excluding hydrogens is 460 g/mol. The average molecular weight is 493 g/mol. The monoisotopic (exact) mass is 492 g/mol. The Morgan fingerprint density at radius 1 is 1.08 bits per heavy atom. The maximum Gasteiger partial charge on any atom is 0.250 e. The minimum absolute atomic E-state index is 0.0835. The van der Waals surface area contributed by atoms with Crippen LogP contribution in [0.3, 0.4) is 0 Å². The lowest BCUT2D eigenvalue weighted by molar-refractivity contribution is -0.114. The highest BCUT2D eigenvalue weighted by molar-refractivity contribution is 5.92. The van der Waals surface area contributed by atoms with Crippen molar-refractivity contribution in [3.63, 3.8) is 0 Å². The number of ether oxygens (including phenoxy) is 2. The van der Waals surface area contributed by atoms with Gasteiger partial charge in [0.05, 0.1) is 11.3 Å². The number of rotatable bonds is 12. The number of pyridine rings is 1. The van der Waals surface area contributed by atoms with Crippen LogP contribution in [-0.2, 0) is 11.2 Å². The molecule has 0 bridgehead atoms. The number of aliphatic hydroxyl groups excluding tert-OH is 1. The average Bonchev–Trinajstić information content (AvgIpc) is 2.83. The first-order valence-electron chi connectivity index (χ1n) is 11.6. The molecule has 0 saturated carbocycles. The number of carbonyl (C=O) groups excluding carboxylic acids is 2. The third-order valence-corrected chi connectivity index (χ3v) is 5.26. The van der Waals surface area contributed by atoms with Crippen LogP contribution >= 0.6 is 0 Å². The summed E-state index contributed by atoms with van der Waals surface area (Å²) in [5.41, 5.74) is 6.91. The number of nitrogens with one attached hydrogen (secondary N) is 2. The maximum atomic E-state index is 11.3. The molecule has 0 aliphatic heterocycles. The molecule has 0 spiro atoms. The van der Waals surface area contributed by atoms with Crippen LogP contribution in [0.25, 0.3) is 0 Å². The minimum Gasteiger partial charge on any atom is -0.489 e. The highest BCUT2D eigenvalue weighted by atomic mass is 16.5.